The Bertz CT molecular complexity index is 522. The third-order valence-electron chi connectivity index (χ3n) is 2.68. The SMILES string of the molecule is O=C(COCCCc1ccccc1)c1ccc(Br)s1. The Labute approximate surface area is 125 Å². The number of hydrogen-bond donors (Lipinski definition) is 0. The minimum Gasteiger partial charge on any atom is -0.373 e. The number of thiophene rings is 1. The molecule has 1 aromatic carbocycles. The Morgan fingerprint density at radius 3 is 2.63 bits per heavy atom. The van der Waals surface area contributed by atoms with Crippen molar-refractivity contribution in [3.05, 3.63) is 56.7 Å². The van der Waals surface area contributed by atoms with Gasteiger partial charge in [0.15, 0.2) is 5.78 Å². The van der Waals surface area contributed by atoms with Crippen molar-refractivity contribution < 1.29 is 9.53 Å². The van der Waals surface area contributed by atoms with E-state index in [-0.39, 0.29) is 12.4 Å². The van der Waals surface area contributed by atoms with Gasteiger partial charge in [0.1, 0.15) is 6.61 Å². The topological polar surface area (TPSA) is 26.3 Å². The molecule has 0 aliphatic carbocycles. The molecule has 0 aliphatic heterocycles. The summed E-state index contributed by atoms with van der Waals surface area (Å²) in [5, 5.41) is 0. The summed E-state index contributed by atoms with van der Waals surface area (Å²) < 4.78 is 6.39. The van der Waals surface area contributed by atoms with Gasteiger partial charge in [0.2, 0.25) is 0 Å². The minimum atomic E-state index is 0.0513. The van der Waals surface area contributed by atoms with Gasteiger partial charge >= 0.3 is 0 Å². The molecule has 0 N–H and O–H groups in total. The van der Waals surface area contributed by atoms with Crippen LogP contribution in [0.15, 0.2) is 46.3 Å². The summed E-state index contributed by atoms with van der Waals surface area (Å²) in [5.74, 6) is 0.0513. The maximum atomic E-state index is 11.8. The van der Waals surface area contributed by atoms with E-state index in [4.69, 9.17) is 4.74 Å². The summed E-state index contributed by atoms with van der Waals surface area (Å²) in [5.41, 5.74) is 1.31. The number of carbonyl (C=O) groups is 1. The largest absolute Gasteiger partial charge is 0.373 e. The van der Waals surface area contributed by atoms with Gasteiger partial charge in [-0.05, 0) is 46.5 Å². The maximum absolute atomic E-state index is 11.8. The first-order chi connectivity index (χ1) is 9.25. The molecule has 2 aromatic rings. The predicted octanol–water partition coefficient (Wildman–Crippen LogP) is 4.34. The molecule has 0 unspecified atom stereocenters. The molecule has 2 nitrogen and oxygen atoms in total. The molecule has 0 saturated heterocycles. The summed E-state index contributed by atoms with van der Waals surface area (Å²) in [7, 11) is 0. The van der Waals surface area contributed by atoms with E-state index in [1.54, 1.807) is 0 Å². The highest BCUT2D eigenvalue weighted by Gasteiger charge is 2.08. The Kier molecular flexibility index (Phi) is 5.76. The van der Waals surface area contributed by atoms with Crippen LogP contribution in [0.1, 0.15) is 21.7 Å². The number of aryl methyl sites for hydroxylation is 1. The third kappa shape index (κ3) is 4.90. The van der Waals surface area contributed by atoms with Crippen LogP contribution in [-0.4, -0.2) is 19.0 Å². The van der Waals surface area contributed by atoms with Gasteiger partial charge in [-0.2, -0.15) is 0 Å². The summed E-state index contributed by atoms with van der Waals surface area (Å²) >= 11 is 4.79. The molecule has 1 heterocycles. The lowest BCUT2D eigenvalue weighted by atomic mass is 10.1. The van der Waals surface area contributed by atoms with E-state index in [2.05, 4.69) is 28.1 Å². The number of benzene rings is 1. The van der Waals surface area contributed by atoms with Gasteiger partial charge < -0.3 is 4.74 Å². The molecule has 100 valence electrons. The average Bonchev–Trinajstić information content (AvgIpc) is 2.86. The van der Waals surface area contributed by atoms with Gasteiger partial charge in [0.25, 0.3) is 0 Å². The van der Waals surface area contributed by atoms with Crippen LogP contribution in [-0.2, 0) is 11.2 Å². The van der Waals surface area contributed by atoms with Crippen LogP contribution < -0.4 is 0 Å². The molecule has 1 aromatic heterocycles. The summed E-state index contributed by atoms with van der Waals surface area (Å²) in [6.45, 7) is 0.787. The second-order valence-corrected chi connectivity index (χ2v) is 6.63. The number of rotatable bonds is 7. The zero-order valence-electron chi connectivity index (χ0n) is 10.5. The van der Waals surface area contributed by atoms with Crippen molar-refractivity contribution in [2.75, 3.05) is 13.2 Å². The smallest absolute Gasteiger partial charge is 0.198 e. The number of ketones is 1. The van der Waals surface area contributed by atoms with Gasteiger partial charge in [-0.25, -0.2) is 0 Å². The normalized spacial score (nSPS) is 10.6. The number of halogens is 1. The van der Waals surface area contributed by atoms with Crippen LogP contribution in [0.25, 0.3) is 0 Å². The van der Waals surface area contributed by atoms with Gasteiger partial charge in [-0.1, -0.05) is 30.3 Å². The van der Waals surface area contributed by atoms with Crippen molar-refractivity contribution in [2.45, 2.75) is 12.8 Å². The van der Waals surface area contributed by atoms with E-state index in [1.165, 1.54) is 16.9 Å². The van der Waals surface area contributed by atoms with Crippen molar-refractivity contribution >= 4 is 33.0 Å². The maximum Gasteiger partial charge on any atom is 0.198 e. The Morgan fingerprint density at radius 1 is 1.16 bits per heavy atom. The van der Waals surface area contributed by atoms with Crippen LogP contribution in [0.3, 0.4) is 0 Å². The van der Waals surface area contributed by atoms with Gasteiger partial charge in [0, 0.05) is 6.61 Å². The Hall–Kier alpha value is -0.970. The number of ether oxygens (including phenoxy) is 1. The van der Waals surface area contributed by atoms with Crippen molar-refractivity contribution in [3.8, 4) is 0 Å². The highest BCUT2D eigenvalue weighted by Crippen LogP contribution is 2.22. The lowest BCUT2D eigenvalue weighted by Gasteiger charge is -2.03. The van der Waals surface area contributed by atoms with Crippen LogP contribution >= 0.6 is 27.3 Å². The molecule has 0 spiro atoms. The zero-order chi connectivity index (χ0) is 13.5. The Balaban J connectivity index is 1.63. The minimum absolute atomic E-state index is 0.0513. The quantitative estimate of drug-likeness (QED) is 0.554. The van der Waals surface area contributed by atoms with Crippen molar-refractivity contribution in [1.82, 2.24) is 0 Å². The summed E-state index contributed by atoms with van der Waals surface area (Å²) in [6.07, 6.45) is 1.92. The van der Waals surface area contributed by atoms with E-state index in [1.807, 2.05) is 30.3 Å². The lowest BCUT2D eigenvalue weighted by Crippen LogP contribution is -2.08. The summed E-state index contributed by atoms with van der Waals surface area (Å²) in [6, 6.07) is 14.0. The Morgan fingerprint density at radius 2 is 1.95 bits per heavy atom. The van der Waals surface area contributed by atoms with Crippen LogP contribution in [0.5, 0.6) is 0 Å². The third-order valence-corrected chi connectivity index (χ3v) is 4.34. The highest BCUT2D eigenvalue weighted by atomic mass is 79.9. The molecule has 0 fully saturated rings. The second-order valence-electron chi connectivity index (χ2n) is 4.17. The van der Waals surface area contributed by atoms with Crippen molar-refractivity contribution in [1.29, 1.82) is 0 Å². The van der Waals surface area contributed by atoms with Gasteiger partial charge in [-0.15, -0.1) is 11.3 Å². The van der Waals surface area contributed by atoms with E-state index in [9.17, 15) is 4.79 Å². The number of carbonyl (C=O) groups excluding carboxylic acids is 1. The standard InChI is InChI=1S/C15H15BrO2S/c16-15-9-8-14(19-15)13(17)11-18-10-4-7-12-5-2-1-3-6-12/h1-3,5-6,8-9H,4,7,10-11H2. The second kappa shape index (κ2) is 7.58. The van der Waals surface area contributed by atoms with Crippen LogP contribution in [0.4, 0.5) is 0 Å². The van der Waals surface area contributed by atoms with E-state index < -0.39 is 0 Å². The fourth-order valence-electron chi connectivity index (χ4n) is 1.72. The molecule has 0 saturated carbocycles. The highest BCUT2D eigenvalue weighted by molar-refractivity contribution is 9.11. The molecular weight excluding hydrogens is 324 g/mol. The average molecular weight is 339 g/mol. The first kappa shape index (κ1) is 14.4. The van der Waals surface area contributed by atoms with Crippen LogP contribution in [0.2, 0.25) is 0 Å². The first-order valence-electron chi connectivity index (χ1n) is 6.16. The number of hydrogen-bond acceptors (Lipinski definition) is 3. The molecule has 2 rings (SSSR count). The molecular formula is C15H15BrO2S. The molecule has 19 heavy (non-hydrogen) atoms. The fraction of sp³-hybridized carbons (Fsp3) is 0.267. The van der Waals surface area contributed by atoms with Crippen molar-refractivity contribution in [3.63, 3.8) is 0 Å². The monoisotopic (exact) mass is 338 g/mol. The van der Waals surface area contributed by atoms with E-state index in [0.717, 1.165) is 21.5 Å². The molecule has 0 radical (unpaired) electrons. The molecule has 0 atom stereocenters. The van der Waals surface area contributed by atoms with Gasteiger partial charge in [0.05, 0.1) is 8.66 Å². The molecule has 0 amide bonds. The number of Topliss-reactive ketones (excluding diaryl/α,β-unsaturated/α-hetero) is 1. The molecule has 0 aliphatic rings. The zero-order valence-corrected chi connectivity index (χ0v) is 12.9. The van der Waals surface area contributed by atoms with Gasteiger partial charge in [-0.3, -0.25) is 4.79 Å². The van der Waals surface area contributed by atoms with E-state index in [0.29, 0.717) is 6.61 Å². The van der Waals surface area contributed by atoms with E-state index >= 15 is 0 Å². The molecule has 0 bridgehead atoms. The molecule has 4 heteroatoms. The fourth-order valence-corrected chi connectivity index (χ4v) is 3.03. The lowest BCUT2D eigenvalue weighted by molar-refractivity contribution is 0.0760. The van der Waals surface area contributed by atoms with Crippen molar-refractivity contribution in [2.24, 2.45) is 0 Å². The van der Waals surface area contributed by atoms with Crippen LogP contribution in [0, 0.1) is 0 Å². The summed E-state index contributed by atoms with van der Waals surface area (Å²) in [4.78, 5) is 12.5. The first-order valence-corrected chi connectivity index (χ1v) is 7.77. The predicted molar refractivity (Wildman–Crippen MR) is 81.9 cm³/mol.